The summed E-state index contributed by atoms with van der Waals surface area (Å²) in [6.07, 6.45) is -1.09. The van der Waals surface area contributed by atoms with Gasteiger partial charge in [0.1, 0.15) is 5.75 Å². The topological polar surface area (TPSA) is 78.8 Å². The molecule has 1 rings (SSSR count). The van der Waals surface area contributed by atoms with E-state index in [4.69, 9.17) is 9.84 Å². The molecule has 0 spiro atoms. The van der Waals surface area contributed by atoms with E-state index >= 15 is 0 Å². The van der Waals surface area contributed by atoms with Crippen LogP contribution in [0.5, 0.6) is 5.75 Å². The van der Waals surface area contributed by atoms with E-state index in [0.717, 1.165) is 5.56 Å². The van der Waals surface area contributed by atoms with E-state index in [1.807, 2.05) is 13.0 Å². The third-order valence-electron chi connectivity index (χ3n) is 2.85. The van der Waals surface area contributed by atoms with Crippen LogP contribution in [0.3, 0.4) is 0 Å². The molecular weight excluding hydrogens is 234 g/mol. The summed E-state index contributed by atoms with van der Waals surface area (Å²) in [5.41, 5.74) is 1.58. The first-order valence-corrected chi connectivity index (χ1v) is 5.71. The van der Waals surface area contributed by atoms with Gasteiger partial charge in [-0.2, -0.15) is 0 Å². The van der Waals surface area contributed by atoms with Gasteiger partial charge >= 0.3 is 5.97 Å². The molecule has 0 bridgehead atoms. The maximum absolute atomic E-state index is 10.7. The summed E-state index contributed by atoms with van der Waals surface area (Å²) in [6, 6.07) is 4.88. The number of aryl methyl sites for hydroxylation is 1. The number of hydrogen-bond acceptors (Lipinski definition) is 4. The Morgan fingerprint density at radius 1 is 1.50 bits per heavy atom. The van der Waals surface area contributed by atoms with Crippen LogP contribution in [-0.2, 0) is 4.79 Å². The highest BCUT2D eigenvalue weighted by atomic mass is 16.5. The van der Waals surface area contributed by atoms with Gasteiger partial charge in [0, 0.05) is 11.6 Å². The van der Waals surface area contributed by atoms with Gasteiger partial charge < -0.3 is 20.3 Å². The van der Waals surface area contributed by atoms with Crippen molar-refractivity contribution in [3.8, 4) is 5.75 Å². The van der Waals surface area contributed by atoms with E-state index < -0.39 is 18.1 Å². The summed E-state index contributed by atoms with van der Waals surface area (Å²) < 4.78 is 5.19. The minimum absolute atomic E-state index is 0.158. The van der Waals surface area contributed by atoms with Crippen molar-refractivity contribution < 1.29 is 19.7 Å². The third kappa shape index (κ3) is 3.45. The second-order valence-corrected chi connectivity index (χ2v) is 4.18. The Morgan fingerprint density at radius 3 is 2.67 bits per heavy atom. The fraction of sp³-hybridized carbons (Fsp3) is 0.462. The summed E-state index contributed by atoms with van der Waals surface area (Å²) in [4.78, 5) is 10.7. The van der Waals surface area contributed by atoms with Gasteiger partial charge in [-0.3, -0.25) is 4.79 Å². The van der Waals surface area contributed by atoms with E-state index in [-0.39, 0.29) is 6.42 Å². The van der Waals surface area contributed by atoms with Gasteiger partial charge in [0.15, 0.2) is 0 Å². The van der Waals surface area contributed by atoms with Crippen molar-refractivity contribution in [2.75, 3.05) is 14.2 Å². The van der Waals surface area contributed by atoms with Gasteiger partial charge in [-0.05, 0) is 26.1 Å². The largest absolute Gasteiger partial charge is 0.496 e. The Kier molecular flexibility index (Phi) is 5.12. The molecule has 0 aliphatic heterocycles. The lowest BCUT2D eigenvalue weighted by Crippen LogP contribution is -2.34. The number of carboxylic acids is 1. The number of aliphatic hydroxyl groups excluding tert-OH is 1. The van der Waals surface area contributed by atoms with Crippen molar-refractivity contribution in [2.24, 2.45) is 0 Å². The molecule has 1 aromatic carbocycles. The SMILES string of the molecule is CNC(CC(=O)O)C(O)c1cc(C)ccc1OC. The zero-order chi connectivity index (χ0) is 13.7. The zero-order valence-corrected chi connectivity index (χ0v) is 10.8. The predicted molar refractivity (Wildman–Crippen MR) is 67.8 cm³/mol. The van der Waals surface area contributed by atoms with E-state index in [2.05, 4.69) is 5.32 Å². The Bertz CT molecular complexity index is 419. The number of likely N-dealkylation sites (N-methyl/N-ethyl adjacent to an activating group) is 1. The number of aliphatic carboxylic acids is 1. The lowest BCUT2D eigenvalue weighted by molar-refractivity contribution is -0.138. The van der Waals surface area contributed by atoms with E-state index in [1.165, 1.54) is 7.11 Å². The number of hydrogen-bond donors (Lipinski definition) is 3. The van der Waals surface area contributed by atoms with Gasteiger partial charge in [-0.15, -0.1) is 0 Å². The van der Waals surface area contributed by atoms with Crippen LogP contribution in [-0.4, -0.2) is 36.4 Å². The average molecular weight is 253 g/mol. The minimum Gasteiger partial charge on any atom is -0.496 e. The van der Waals surface area contributed by atoms with Crippen LogP contribution in [0.15, 0.2) is 18.2 Å². The van der Waals surface area contributed by atoms with Crippen LogP contribution < -0.4 is 10.1 Å². The molecule has 0 aliphatic carbocycles. The second-order valence-electron chi connectivity index (χ2n) is 4.18. The first kappa shape index (κ1) is 14.5. The zero-order valence-electron chi connectivity index (χ0n) is 10.8. The molecule has 5 nitrogen and oxygen atoms in total. The van der Waals surface area contributed by atoms with Crippen LogP contribution in [0, 0.1) is 6.92 Å². The number of aliphatic hydroxyl groups is 1. The van der Waals surface area contributed by atoms with E-state index in [0.29, 0.717) is 11.3 Å². The number of benzene rings is 1. The highest BCUT2D eigenvalue weighted by Crippen LogP contribution is 2.29. The molecule has 0 aliphatic rings. The van der Waals surface area contributed by atoms with Crippen molar-refractivity contribution in [3.05, 3.63) is 29.3 Å². The van der Waals surface area contributed by atoms with E-state index in [9.17, 15) is 9.90 Å². The maximum atomic E-state index is 10.7. The lowest BCUT2D eigenvalue weighted by atomic mass is 9.97. The standard InChI is InChI=1S/C13H19NO4/c1-8-4-5-11(18-3)9(6-8)13(17)10(14-2)7-12(15)16/h4-6,10,13-14,17H,7H2,1-3H3,(H,15,16). The van der Waals surface area contributed by atoms with Crippen LogP contribution in [0.2, 0.25) is 0 Å². The number of methoxy groups -OCH3 is 1. The fourth-order valence-corrected chi connectivity index (χ4v) is 1.86. The Hall–Kier alpha value is -1.59. The van der Waals surface area contributed by atoms with Crippen molar-refractivity contribution in [2.45, 2.75) is 25.5 Å². The molecule has 100 valence electrons. The molecule has 1 aromatic rings. The fourth-order valence-electron chi connectivity index (χ4n) is 1.86. The lowest BCUT2D eigenvalue weighted by Gasteiger charge is -2.23. The van der Waals surface area contributed by atoms with Gasteiger partial charge in [0.25, 0.3) is 0 Å². The molecule has 0 saturated heterocycles. The number of carbonyl (C=O) groups is 1. The number of carboxylic acid groups (broad SMARTS) is 1. The van der Waals surface area contributed by atoms with Crippen molar-refractivity contribution in [3.63, 3.8) is 0 Å². The van der Waals surface area contributed by atoms with Crippen LogP contribution in [0.1, 0.15) is 23.7 Å². The summed E-state index contributed by atoms with van der Waals surface area (Å²) in [6.45, 7) is 1.90. The Labute approximate surface area is 106 Å². The molecule has 2 unspecified atom stereocenters. The van der Waals surface area contributed by atoms with Crippen LogP contribution in [0.25, 0.3) is 0 Å². The molecular formula is C13H19NO4. The number of nitrogens with one attached hydrogen (secondary N) is 1. The smallest absolute Gasteiger partial charge is 0.305 e. The first-order chi connectivity index (χ1) is 8.49. The molecule has 0 radical (unpaired) electrons. The maximum Gasteiger partial charge on any atom is 0.305 e. The van der Waals surface area contributed by atoms with Crippen molar-refractivity contribution in [1.29, 1.82) is 0 Å². The molecule has 18 heavy (non-hydrogen) atoms. The summed E-state index contributed by atoms with van der Waals surface area (Å²) in [5, 5.41) is 21.9. The number of ether oxygens (including phenoxy) is 1. The Balaban J connectivity index is 3.03. The van der Waals surface area contributed by atoms with Crippen molar-refractivity contribution in [1.82, 2.24) is 5.32 Å². The number of rotatable bonds is 6. The van der Waals surface area contributed by atoms with Crippen molar-refractivity contribution >= 4 is 5.97 Å². The molecule has 0 amide bonds. The summed E-state index contributed by atoms with van der Waals surface area (Å²) in [7, 11) is 3.14. The monoisotopic (exact) mass is 253 g/mol. The molecule has 0 heterocycles. The third-order valence-corrected chi connectivity index (χ3v) is 2.85. The highest BCUT2D eigenvalue weighted by molar-refractivity contribution is 5.67. The minimum atomic E-state index is -0.958. The highest BCUT2D eigenvalue weighted by Gasteiger charge is 2.24. The van der Waals surface area contributed by atoms with Gasteiger partial charge in [0.05, 0.1) is 19.6 Å². The molecule has 3 N–H and O–H groups in total. The molecule has 0 saturated carbocycles. The van der Waals surface area contributed by atoms with Gasteiger partial charge in [-0.25, -0.2) is 0 Å². The normalized spacial score (nSPS) is 14.0. The summed E-state index contributed by atoms with van der Waals surface area (Å²) >= 11 is 0. The molecule has 2 atom stereocenters. The second kappa shape index (κ2) is 6.37. The Morgan fingerprint density at radius 2 is 2.17 bits per heavy atom. The van der Waals surface area contributed by atoms with Gasteiger partial charge in [-0.1, -0.05) is 11.6 Å². The first-order valence-electron chi connectivity index (χ1n) is 5.71. The molecule has 0 fully saturated rings. The molecule has 5 heteroatoms. The van der Waals surface area contributed by atoms with Gasteiger partial charge in [0.2, 0.25) is 0 Å². The van der Waals surface area contributed by atoms with Crippen LogP contribution in [0.4, 0.5) is 0 Å². The predicted octanol–water partition coefficient (Wildman–Crippen LogP) is 1.10. The summed E-state index contributed by atoms with van der Waals surface area (Å²) in [5.74, 6) is -0.404. The average Bonchev–Trinajstić information content (AvgIpc) is 2.34. The van der Waals surface area contributed by atoms with E-state index in [1.54, 1.807) is 19.2 Å². The van der Waals surface area contributed by atoms with Crippen LogP contribution >= 0.6 is 0 Å². The quantitative estimate of drug-likeness (QED) is 0.707. The molecule has 0 aromatic heterocycles.